The van der Waals surface area contributed by atoms with Gasteiger partial charge in [0.2, 0.25) is 5.91 Å². The van der Waals surface area contributed by atoms with Crippen LogP contribution in [0.4, 0.5) is 0 Å². The van der Waals surface area contributed by atoms with Gasteiger partial charge in [-0.15, -0.1) is 0 Å². The van der Waals surface area contributed by atoms with Crippen LogP contribution >= 0.6 is 0 Å². The minimum Gasteiger partial charge on any atom is -0.396 e. The van der Waals surface area contributed by atoms with Gasteiger partial charge in [-0.1, -0.05) is 30.3 Å². The van der Waals surface area contributed by atoms with Gasteiger partial charge in [-0.25, -0.2) is 0 Å². The summed E-state index contributed by atoms with van der Waals surface area (Å²) >= 11 is 0. The van der Waals surface area contributed by atoms with E-state index in [4.69, 9.17) is 5.11 Å². The number of amides is 1. The van der Waals surface area contributed by atoms with Crippen molar-refractivity contribution in [2.24, 2.45) is 0 Å². The Labute approximate surface area is 95.7 Å². The van der Waals surface area contributed by atoms with E-state index in [-0.39, 0.29) is 18.9 Å². The van der Waals surface area contributed by atoms with Gasteiger partial charge >= 0.3 is 0 Å². The third-order valence-electron chi connectivity index (χ3n) is 3.14. The summed E-state index contributed by atoms with van der Waals surface area (Å²) < 4.78 is 0. The van der Waals surface area contributed by atoms with Crippen LogP contribution in [0.1, 0.15) is 24.3 Å². The molecule has 1 atom stereocenters. The minimum atomic E-state index is -0.0503. The van der Waals surface area contributed by atoms with Crippen molar-refractivity contribution in [3.05, 3.63) is 35.9 Å². The van der Waals surface area contributed by atoms with Crippen LogP contribution in [0.5, 0.6) is 0 Å². The molecule has 1 fully saturated rings. The molecule has 2 rings (SSSR count). The minimum absolute atomic E-state index is 0.0503. The van der Waals surface area contributed by atoms with Crippen LogP contribution in [0.2, 0.25) is 0 Å². The van der Waals surface area contributed by atoms with Gasteiger partial charge in [0, 0.05) is 25.4 Å². The average molecular weight is 219 g/mol. The van der Waals surface area contributed by atoms with Gasteiger partial charge in [-0.3, -0.25) is 4.79 Å². The molecule has 1 N–H and O–H groups in total. The van der Waals surface area contributed by atoms with Gasteiger partial charge in [0.05, 0.1) is 6.61 Å². The lowest BCUT2D eigenvalue weighted by Gasteiger charge is -2.16. The molecule has 16 heavy (non-hydrogen) atoms. The van der Waals surface area contributed by atoms with Crippen LogP contribution in [-0.4, -0.2) is 35.6 Å². The van der Waals surface area contributed by atoms with Crippen LogP contribution in [0.25, 0.3) is 0 Å². The molecule has 0 aromatic heterocycles. The number of carbonyl (C=O) groups is 1. The van der Waals surface area contributed by atoms with Crippen LogP contribution in [0.15, 0.2) is 30.3 Å². The highest BCUT2D eigenvalue weighted by atomic mass is 16.3. The fourth-order valence-electron chi connectivity index (χ4n) is 2.24. The number of aliphatic hydroxyl groups is 1. The van der Waals surface area contributed by atoms with Crippen molar-refractivity contribution >= 4 is 5.91 Å². The molecular formula is C13H17NO2. The van der Waals surface area contributed by atoms with E-state index in [0.29, 0.717) is 5.92 Å². The molecule has 1 saturated heterocycles. The molecular weight excluding hydrogens is 202 g/mol. The predicted molar refractivity (Wildman–Crippen MR) is 62.1 cm³/mol. The monoisotopic (exact) mass is 219 g/mol. The second-order valence-corrected chi connectivity index (χ2v) is 4.21. The first-order valence-corrected chi connectivity index (χ1v) is 5.75. The Hall–Kier alpha value is -1.35. The molecule has 1 aliphatic rings. The standard InChI is InChI=1S/C13H17NO2/c15-9-7-13(16)14-8-6-12(10-14)11-4-2-1-3-5-11/h1-5,12,15H,6-10H2. The summed E-state index contributed by atoms with van der Waals surface area (Å²) in [6, 6.07) is 10.3. The number of likely N-dealkylation sites (tertiary alicyclic amines) is 1. The van der Waals surface area contributed by atoms with Gasteiger partial charge in [0.25, 0.3) is 0 Å². The van der Waals surface area contributed by atoms with Crippen LogP contribution in [0, 0.1) is 0 Å². The maximum Gasteiger partial charge on any atom is 0.224 e. The van der Waals surface area contributed by atoms with Crippen molar-refractivity contribution in [1.29, 1.82) is 0 Å². The smallest absolute Gasteiger partial charge is 0.224 e. The molecule has 1 unspecified atom stereocenters. The zero-order valence-electron chi connectivity index (χ0n) is 9.30. The van der Waals surface area contributed by atoms with Crippen LogP contribution in [0.3, 0.4) is 0 Å². The van der Waals surface area contributed by atoms with Crippen molar-refractivity contribution in [3.8, 4) is 0 Å². The molecule has 86 valence electrons. The molecule has 1 amide bonds. The average Bonchev–Trinajstić information content (AvgIpc) is 2.80. The third kappa shape index (κ3) is 2.42. The number of hydrogen-bond acceptors (Lipinski definition) is 2. The molecule has 0 spiro atoms. The summed E-state index contributed by atoms with van der Waals surface area (Å²) in [6.07, 6.45) is 1.28. The van der Waals surface area contributed by atoms with Gasteiger partial charge in [0.1, 0.15) is 0 Å². The van der Waals surface area contributed by atoms with E-state index in [2.05, 4.69) is 12.1 Å². The summed E-state index contributed by atoms with van der Waals surface area (Å²) in [5, 5.41) is 8.73. The van der Waals surface area contributed by atoms with Gasteiger partial charge in [0.15, 0.2) is 0 Å². The zero-order valence-corrected chi connectivity index (χ0v) is 9.30. The largest absolute Gasteiger partial charge is 0.396 e. The van der Waals surface area contributed by atoms with E-state index in [1.54, 1.807) is 0 Å². The highest BCUT2D eigenvalue weighted by Crippen LogP contribution is 2.27. The van der Waals surface area contributed by atoms with Gasteiger partial charge in [-0.05, 0) is 12.0 Å². The topological polar surface area (TPSA) is 40.5 Å². The van der Waals surface area contributed by atoms with E-state index < -0.39 is 0 Å². The number of rotatable bonds is 3. The Morgan fingerprint density at radius 2 is 2.12 bits per heavy atom. The first-order chi connectivity index (χ1) is 7.81. The molecule has 1 aliphatic heterocycles. The quantitative estimate of drug-likeness (QED) is 0.834. The van der Waals surface area contributed by atoms with E-state index in [1.807, 2.05) is 23.1 Å². The second kappa shape index (κ2) is 5.12. The Morgan fingerprint density at radius 1 is 1.38 bits per heavy atom. The predicted octanol–water partition coefficient (Wildman–Crippen LogP) is 1.38. The molecule has 3 nitrogen and oxygen atoms in total. The molecule has 1 aromatic carbocycles. The summed E-state index contributed by atoms with van der Waals surface area (Å²) in [4.78, 5) is 13.4. The second-order valence-electron chi connectivity index (χ2n) is 4.21. The van der Waals surface area contributed by atoms with Crippen molar-refractivity contribution in [2.75, 3.05) is 19.7 Å². The normalized spacial score (nSPS) is 20.1. The Kier molecular flexibility index (Phi) is 3.57. The molecule has 0 saturated carbocycles. The number of nitrogens with zero attached hydrogens (tertiary/aromatic N) is 1. The highest BCUT2D eigenvalue weighted by Gasteiger charge is 2.26. The van der Waals surface area contributed by atoms with Crippen molar-refractivity contribution < 1.29 is 9.90 Å². The van der Waals surface area contributed by atoms with E-state index in [1.165, 1.54) is 5.56 Å². The van der Waals surface area contributed by atoms with Crippen molar-refractivity contribution in [1.82, 2.24) is 4.90 Å². The van der Waals surface area contributed by atoms with Gasteiger partial charge in [-0.2, -0.15) is 0 Å². The molecule has 1 aromatic rings. The summed E-state index contributed by atoms with van der Waals surface area (Å²) in [5.41, 5.74) is 1.31. The zero-order chi connectivity index (χ0) is 11.4. The summed E-state index contributed by atoms with van der Waals surface area (Å²) in [7, 11) is 0. The fraction of sp³-hybridized carbons (Fsp3) is 0.462. The Bertz CT molecular complexity index is 350. The molecule has 0 aliphatic carbocycles. The SMILES string of the molecule is O=C(CCO)N1CCC(c2ccccc2)C1. The maximum atomic E-state index is 11.6. The summed E-state index contributed by atoms with van der Waals surface area (Å²) in [6.45, 7) is 1.56. The van der Waals surface area contributed by atoms with Crippen molar-refractivity contribution in [2.45, 2.75) is 18.8 Å². The fourth-order valence-corrected chi connectivity index (χ4v) is 2.24. The molecule has 0 radical (unpaired) electrons. The van der Waals surface area contributed by atoms with Crippen LogP contribution in [-0.2, 0) is 4.79 Å². The van der Waals surface area contributed by atoms with Gasteiger partial charge < -0.3 is 10.0 Å². The first-order valence-electron chi connectivity index (χ1n) is 5.75. The first kappa shape index (κ1) is 11.1. The van der Waals surface area contributed by atoms with Crippen molar-refractivity contribution in [3.63, 3.8) is 0 Å². The summed E-state index contributed by atoms with van der Waals surface area (Å²) in [5.74, 6) is 0.532. The molecule has 3 heteroatoms. The lowest BCUT2D eigenvalue weighted by Crippen LogP contribution is -2.28. The van der Waals surface area contributed by atoms with Crippen LogP contribution < -0.4 is 0 Å². The van der Waals surface area contributed by atoms with E-state index in [9.17, 15) is 4.79 Å². The number of aliphatic hydroxyl groups excluding tert-OH is 1. The van der Waals surface area contributed by atoms with E-state index >= 15 is 0 Å². The third-order valence-corrected chi connectivity index (χ3v) is 3.14. The highest BCUT2D eigenvalue weighted by molar-refractivity contribution is 5.76. The molecule has 0 bridgehead atoms. The van der Waals surface area contributed by atoms with E-state index in [0.717, 1.165) is 19.5 Å². The maximum absolute atomic E-state index is 11.6. The lowest BCUT2D eigenvalue weighted by molar-refractivity contribution is -0.130. The lowest BCUT2D eigenvalue weighted by atomic mass is 9.99. The number of benzene rings is 1. The Balaban J connectivity index is 1.96. The number of hydrogen-bond donors (Lipinski definition) is 1. The molecule has 1 heterocycles. The Morgan fingerprint density at radius 3 is 2.81 bits per heavy atom. The number of carbonyl (C=O) groups excluding carboxylic acids is 1.